The molecule has 2 nitrogen and oxygen atoms in total. The van der Waals surface area contributed by atoms with Crippen LogP contribution in [0.1, 0.15) is 12.5 Å². The van der Waals surface area contributed by atoms with Crippen LogP contribution in [-0.2, 0) is 0 Å². The van der Waals surface area contributed by atoms with Crippen LogP contribution < -0.4 is 5.43 Å². The molecule has 0 spiro atoms. The molecule has 1 aromatic rings. The molecule has 1 N–H and O–H groups in total. The van der Waals surface area contributed by atoms with Gasteiger partial charge >= 0.3 is 0 Å². The highest BCUT2D eigenvalue weighted by atomic mass is 79.9. The van der Waals surface area contributed by atoms with Crippen molar-refractivity contribution < 1.29 is 0 Å². The second-order valence-electron chi connectivity index (χ2n) is 3.27. The third-order valence-corrected chi connectivity index (χ3v) is 2.73. The highest BCUT2D eigenvalue weighted by molar-refractivity contribution is 9.10. The van der Waals surface area contributed by atoms with Crippen LogP contribution in [0.15, 0.2) is 33.8 Å². The molecular weight excluding hydrogens is 228 g/mol. The molecule has 1 aliphatic rings. The van der Waals surface area contributed by atoms with Crippen molar-refractivity contribution in [2.24, 2.45) is 11.0 Å². The monoisotopic (exact) mass is 238 g/mol. The van der Waals surface area contributed by atoms with E-state index in [1.165, 1.54) is 5.56 Å². The lowest BCUT2D eigenvalue weighted by Gasteiger charge is -2.04. The van der Waals surface area contributed by atoms with Crippen LogP contribution in [0.3, 0.4) is 0 Å². The molecule has 1 aromatic carbocycles. The first-order valence-electron chi connectivity index (χ1n) is 4.34. The number of hydrogen-bond donors (Lipinski definition) is 1. The van der Waals surface area contributed by atoms with E-state index in [0.29, 0.717) is 5.92 Å². The van der Waals surface area contributed by atoms with Crippen molar-refractivity contribution in [1.82, 2.24) is 5.43 Å². The summed E-state index contributed by atoms with van der Waals surface area (Å²) in [4.78, 5) is 0. The van der Waals surface area contributed by atoms with Gasteiger partial charge in [-0.25, -0.2) is 0 Å². The first-order chi connectivity index (χ1) is 6.27. The molecule has 0 aliphatic carbocycles. The van der Waals surface area contributed by atoms with Gasteiger partial charge in [0.2, 0.25) is 0 Å². The molecular formula is C10H11BrN2. The summed E-state index contributed by atoms with van der Waals surface area (Å²) in [5.74, 6) is 0.515. The lowest BCUT2D eigenvalue weighted by Crippen LogP contribution is -2.12. The minimum Gasteiger partial charge on any atom is -0.309 e. The summed E-state index contributed by atoms with van der Waals surface area (Å²) in [6.07, 6.45) is 0. The zero-order valence-electron chi connectivity index (χ0n) is 7.42. The Morgan fingerprint density at radius 3 is 2.62 bits per heavy atom. The number of halogens is 1. The Morgan fingerprint density at radius 2 is 2.08 bits per heavy atom. The number of rotatable bonds is 1. The standard InChI is InChI=1S/C10H11BrN2/c1-7-6-12-13-10(7)8-2-4-9(11)5-3-8/h2-5,7,12H,6H2,1H3. The number of hydrazone groups is 1. The van der Waals surface area contributed by atoms with Gasteiger partial charge in [-0.3, -0.25) is 0 Å². The molecule has 0 fully saturated rings. The van der Waals surface area contributed by atoms with E-state index in [9.17, 15) is 0 Å². The number of hydrogen-bond acceptors (Lipinski definition) is 2. The molecule has 0 saturated carbocycles. The Hall–Kier alpha value is -0.830. The van der Waals surface area contributed by atoms with Crippen LogP contribution >= 0.6 is 15.9 Å². The van der Waals surface area contributed by atoms with E-state index >= 15 is 0 Å². The molecule has 13 heavy (non-hydrogen) atoms. The molecule has 1 atom stereocenters. The Balaban J connectivity index is 2.30. The van der Waals surface area contributed by atoms with Gasteiger partial charge in [-0.2, -0.15) is 5.10 Å². The summed E-state index contributed by atoms with van der Waals surface area (Å²) in [5, 5.41) is 4.27. The van der Waals surface area contributed by atoms with Crippen LogP contribution in [-0.4, -0.2) is 12.3 Å². The molecule has 0 saturated heterocycles. The average molecular weight is 239 g/mol. The van der Waals surface area contributed by atoms with E-state index in [1.54, 1.807) is 0 Å². The second-order valence-corrected chi connectivity index (χ2v) is 4.18. The highest BCUT2D eigenvalue weighted by Gasteiger charge is 2.17. The van der Waals surface area contributed by atoms with Gasteiger partial charge in [0, 0.05) is 16.9 Å². The Morgan fingerprint density at radius 1 is 1.38 bits per heavy atom. The smallest absolute Gasteiger partial charge is 0.0721 e. The minimum absolute atomic E-state index is 0.515. The normalized spacial score (nSPS) is 21.1. The van der Waals surface area contributed by atoms with E-state index < -0.39 is 0 Å². The van der Waals surface area contributed by atoms with E-state index in [0.717, 1.165) is 16.7 Å². The van der Waals surface area contributed by atoms with Gasteiger partial charge in [-0.05, 0) is 17.7 Å². The van der Waals surface area contributed by atoms with E-state index in [1.807, 2.05) is 12.1 Å². The Labute approximate surface area is 86.2 Å². The predicted molar refractivity (Wildman–Crippen MR) is 57.8 cm³/mol. The number of nitrogens with one attached hydrogen (secondary N) is 1. The van der Waals surface area contributed by atoms with E-state index in [2.05, 4.69) is 45.5 Å². The van der Waals surface area contributed by atoms with Gasteiger partial charge < -0.3 is 5.43 Å². The summed E-state index contributed by atoms with van der Waals surface area (Å²) in [6.45, 7) is 3.13. The summed E-state index contributed by atoms with van der Waals surface area (Å²) >= 11 is 3.41. The van der Waals surface area contributed by atoms with Crippen LogP contribution in [0.25, 0.3) is 0 Å². The molecule has 68 valence electrons. The first-order valence-corrected chi connectivity index (χ1v) is 5.13. The van der Waals surface area contributed by atoms with Gasteiger partial charge in [0.25, 0.3) is 0 Å². The van der Waals surface area contributed by atoms with Crippen molar-refractivity contribution in [2.45, 2.75) is 6.92 Å². The second kappa shape index (κ2) is 3.50. The summed E-state index contributed by atoms with van der Waals surface area (Å²) < 4.78 is 1.11. The Bertz CT molecular complexity index is 329. The third-order valence-electron chi connectivity index (χ3n) is 2.20. The maximum Gasteiger partial charge on any atom is 0.0721 e. The number of benzene rings is 1. The van der Waals surface area contributed by atoms with Crippen LogP contribution in [0.2, 0.25) is 0 Å². The van der Waals surface area contributed by atoms with Crippen molar-refractivity contribution in [2.75, 3.05) is 6.54 Å². The van der Waals surface area contributed by atoms with Crippen molar-refractivity contribution in [3.63, 3.8) is 0 Å². The first kappa shape index (κ1) is 8.75. The Kier molecular flexibility index (Phi) is 2.36. The summed E-state index contributed by atoms with van der Waals surface area (Å²) in [6, 6.07) is 8.27. The van der Waals surface area contributed by atoms with Gasteiger partial charge in [0.05, 0.1) is 5.71 Å². The van der Waals surface area contributed by atoms with E-state index in [4.69, 9.17) is 0 Å². The molecule has 1 heterocycles. The molecule has 0 bridgehead atoms. The van der Waals surface area contributed by atoms with Crippen LogP contribution in [0.5, 0.6) is 0 Å². The fourth-order valence-electron chi connectivity index (χ4n) is 1.44. The summed E-state index contributed by atoms with van der Waals surface area (Å²) in [5.41, 5.74) is 5.38. The maximum atomic E-state index is 4.27. The topological polar surface area (TPSA) is 24.4 Å². The van der Waals surface area contributed by atoms with Gasteiger partial charge in [0.1, 0.15) is 0 Å². The quantitative estimate of drug-likeness (QED) is 0.799. The molecule has 2 rings (SSSR count). The largest absolute Gasteiger partial charge is 0.309 e. The summed E-state index contributed by atoms with van der Waals surface area (Å²) in [7, 11) is 0. The van der Waals surface area contributed by atoms with Crippen molar-refractivity contribution in [1.29, 1.82) is 0 Å². The number of nitrogens with zero attached hydrogens (tertiary/aromatic N) is 1. The van der Waals surface area contributed by atoms with E-state index in [-0.39, 0.29) is 0 Å². The van der Waals surface area contributed by atoms with Gasteiger partial charge in [-0.1, -0.05) is 35.0 Å². The lowest BCUT2D eigenvalue weighted by molar-refractivity contribution is 0.708. The van der Waals surface area contributed by atoms with Gasteiger partial charge in [0.15, 0.2) is 0 Å². The fraction of sp³-hybridized carbons (Fsp3) is 0.300. The van der Waals surface area contributed by atoms with Crippen molar-refractivity contribution in [3.8, 4) is 0 Å². The molecule has 1 unspecified atom stereocenters. The predicted octanol–water partition coefficient (Wildman–Crippen LogP) is 2.39. The van der Waals surface area contributed by atoms with Crippen LogP contribution in [0.4, 0.5) is 0 Å². The van der Waals surface area contributed by atoms with Crippen LogP contribution in [0, 0.1) is 5.92 Å². The lowest BCUT2D eigenvalue weighted by atomic mass is 10.00. The molecule has 1 aliphatic heterocycles. The van der Waals surface area contributed by atoms with Crippen molar-refractivity contribution in [3.05, 3.63) is 34.3 Å². The zero-order valence-corrected chi connectivity index (χ0v) is 9.01. The SMILES string of the molecule is CC1CNN=C1c1ccc(Br)cc1. The van der Waals surface area contributed by atoms with Gasteiger partial charge in [-0.15, -0.1) is 0 Å². The minimum atomic E-state index is 0.515. The molecule has 0 radical (unpaired) electrons. The average Bonchev–Trinajstić information content (AvgIpc) is 2.53. The molecule has 3 heteroatoms. The highest BCUT2D eigenvalue weighted by Crippen LogP contribution is 2.16. The molecule has 0 aromatic heterocycles. The third kappa shape index (κ3) is 1.75. The maximum absolute atomic E-state index is 4.27. The zero-order chi connectivity index (χ0) is 9.26. The fourth-order valence-corrected chi connectivity index (χ4v) is 1.71. The van der Waals surface area contributed by atoms with Crippen molar-refractivity contribution >= 4 is 21.6 Å². The molecule has 0 amide bonds.